The first-order chi connectivity index (χ1) is 18.3. The first kappa shape index (κ1) is 26.6. The van der Waals surface area contributed by atoms with E-state index < -0.39 is 5.91 Å². The van der Waals surface area contributed by atoms with Crippen LogP contribution in [0.4, 0.5) is 5.82 Å². The second-order valence-electron chi connectivity index (χ2n) is 9.19. The standard InChI is InChI=1S/C28H33N7O3/c1-3-5-9-23(36)34-16-7-6-8-21(34)27-33-24(25(26(29)37)35(27)30)19-10-12-20(13-11-19)28(38)32-22-17-18(4-2)14-15-31-22/h5,9-15,17,21H,3-4,6-8,16,30H2,1-2H3,(H2,29,37)(H,31,32,38). The minimum absolute atomic E-state index is 0.0415. The summed E-state index contributed by atoms with van der Waals surface area (Å²) in [5.41, 5.74) is 8.11. The van der Waals surface area contributed by atoms with Gasteiger partial charge in [0, 0.05) is 23.9 Å². The van der Waals surface area contributed by atoms with Crippen molar-refractivity contribution in [2.24, 2.45) is 5.73 Å². The molecule has 0 spiro atoms. The van der Waals surface area contributed by atoms with Crippen molar-refractivity contribution < 1.29 is 14.4 Å². The van der Waals surface area contributed by atoms with Crippen LogP contribution in [-0.2, 0) is 11.2 Å². The van der Waals surface area contributed by atoms with Crippen LogP contribution in [0.2, 0.25) is 0 Å². The van der Waals surface area contributed by atoms with Gasteiger partial charge in [-0.1, -0.05) is 32.1 Å². The van der Waals surface area contributed by atoms with Gasteiger partial charge in [-0.2, -0.15) is 0 Å². The van der Waals surface area contributed by atoms with E-state index in [1.54, 1.807) is 41.4 Å². The molecule has 10 nitrogen and oxygen atoms in total. The number of amides is 3. The molecule has 10 heteroatoms. The maximum atomic E-state index is 12.8. The van der Waals surface area contributed by atoms with Crippen molar-refractivity contribution >= 4 is 23.5 Å². The highest BCUT2D eigenvalue weighted by Gasteiger charge is 2.33. The largest absolute Gasteiger partial charge is 0.364 e. The zero-order valence-electron chi connectivity index (χ0n) is 21.7. The number of aromatic nitrogens is 3. The van der Waals surface area contributed by atoms with E-state index in [4.69, 9.17) is 16.6 Å². The van der Waals surface area contributed by atoms with E-state index >= 15 is 0 Å². The predicted molar refractivity (Wildman–Crippen MR) is 146 cm³/mol. The molecule has 5 N–H and O–H groups in total. The van der Waals surface area contributed by atoms with E-state index in [0.717, 1.165) is 31.2 Å². The number of imidazole rings is 1. The van der Waals surface area contributed by atoms with Crippen LogP contribution in [0.3, 0.4) is 0 Å². The normalized spacial score (nSPS) is 15.5. The second-order valence-corrected chi connectivity index (χ2v) is 9.19. The molecule has 3 amide bonds. The Hall–Kier alpha value is -4.47. The van der Waals surface area contributed by atoms with Crippen LogP contribution in [0, 0.1) is 0 Å². The molecule has 1 aliphatic rings. The number of piperidine rings is 1. The Kier molecular flexibility index (Phi) is 8.20. The monoisotopic (exact) mass is 515 g/mol. The number of likely N-dealkylation sites (tertiary alicyclic amines) is 1. The molecule has 1 atom stereocenters. The van der Waals surface area contributed by atoms with Crippen molar-refractivity contribution in [2.75, 3.05) is 17.7 Å². The third-order valence-corrected chi connectivity index (χ3v) is 6.65. The maximum absolute atomic E-state index is 12.8. The van der Waals surface area contributed by atoms with Crippen LogP contribution in [0.25, 0.3) is 11.3 Å². The predicted octanol–water partition coefficient (Wildman–Crippen LogP) is 3.59. The number of pyridine rings is 1. The van der Waals surface area contributed by atoms with E-state index in [0.29, 0.717) is 41.4 Å². The van der Waals surface area contributed by atoms with E-state index in [1.807, 2.05) is 32.1 Å². The van der Waals surface area contributed by atoms with Crippen LogP contribution >= 0.6 is 0 Å². The van der Waals surface area contributed by atoms with Crippen molar-refractivity contribution in [3.05, 3.63) is 77.4 Å². The Morgan fingerprint density at radius 1 is 1.13 bits per heavy atom. The summed E-state index contributed by atoms with van der Waals surface area (Å²) in [5, 5.41) is 2.80. The number of carbonyl (C=O) groups excluding carboxylic acids is 3. The Morgan fingerprint density at radius 3 is 2.58 bits per heavy atom. The minimum atomic E-state index is -0.732. The molecule has 2 aromatic heterocycles. The summed E-state index contributed by atoms with van der Waals surface area (Å²) >= 11 is 0. The number of nitrogens with two attached hydrogens (primary N) is 2. The highest BCUT2D eigenvalue weighted by molar-refractivity contribution is 6.04. The van der Waals surface area contributed by atoms with Gasteiger partial charge >= 0.3 is 0 Å². The van der Waals surface area contributed by atoms with Crippen LogP contribution in [-0.4, -0.2) is 43.8 Å². The van der Waals surface area contributed by atoms with Crippen molar-refractivity contribution in [1.29, 1.82) is 0 Å². The highest BCUT2D eigenvalue weighted by Crippen LogP contribution is 2.33. The molecule has 198 valence electrons. The molecule has 38 heavy (non-hydrogen) atoms. The van der Waals surface area contributed by atoms with Crippen LogP contribution < -0.4 is 16.9 Å². The molecule has 1 unspecified atom stereocenters. The summed E-state index contributed by atoms with van der Waals surface area (Å²) in [6.45, 7) is 4.57. The lowest BCUT2D eigenvalue weighted by atomic mass is 10.0. The summed E-state index contributed by atoms with van der Waals surface area (Å²) in [4.78, 5) is 48.7. The Morgan fingerprint density at radius 2 is 1.89 bits per heavy atom. The number of primary amides is 1. The Balaban J connectivity index is 1.63. The molecule has 1 fully saturated rings. The van der Waals surface area contributed by atoms with Crippen LogP contribution in [0.1, 0.15) is 77.8 Å². The average Bonchev–Trinajstić information content (AvgIpc) is 3.28. The molecule has 1 aromatic carbocycles. The van der Waals surface area contributed by atoms with Gasteiger partial charge in [0.15, 0.2) is 11.5 Å². The summed E-state index contributed by atoms with van der Waals surface area (Å²) < 4.78 is 1.20. The Bertz CT molecular complexity index is 1360. The lowest BCUT2D eigenvalue weighted by Gasteiger charge is -2.34. The summed E-state index contributed by atoms with van der Waals surface area (Å²) in [6, 6.07) is 10.0. The minimum Gasteiger partial charge on any atom is -0.364 e. The number of allylic oxidation sites excluding steroid dienone is 1. The Labute approximate surface area is 221 Å². The first-order valence-electron chi connectivity index (χ1n) is 12.8. The lowest BCUT2D eigenvalue weighted by molar-refractivity contribution is -0.130. The lowest BCUT2D eigenvalue weighted by Crippen LogP contribution is -2.40. The SMILES string of the molecule is CCC=CC(=O)N1CCCCC1c1nc(-c2ccc(C(=O)Nc3cc(CC)ccn3)cc2)c(C(N)=O)n1N. The molecular weight excluding hydrogens is 482 g/mol. The van der Waals surface area contributed by atoms with Crippen LogP contribution in [0.15, 0.2) is 54.7 Å². The topological polar surface area (TPSA) is 149 Å². The van der Waals surface area contributed by atoms with E-state index in [2.05, 4.69) is 10.3 Å². The van der Waals surface area contributed by atoms with Gasteiger partial charge < -0.3 is 21.8 Å². The molecule has 3 heterocycles. The highest BCUT2D eigenvalue weighted by atomic mass is 16.2. The van der Waals surface area contributed by atoms with Gasteiger partial charge in [0.2, 0.25) is 5.91 Å². The van der Waals surface area contributed by atoms with Gasteiger partial charge in [-0.25, -0.2) is 14.6 Å². The summed E-state index contributed by atoms with van der Waals surface area (Å²) in [5.74, 6) is 6.06. The number of nitrogen functional groups attached to an aromatic ring is 1. The molecule has 1 saturated heterocycles. The molecule has 4 rings (SSSR count). The van der Waals surface area contributed by atoms with Gasteiger partial charge in [0.25, 0.3) is 11.8 Å². The molecule has 1 aliphatic heterocycles. The maximum Gasteiger partial charge on any atom is 0.269 e. The zero-order chi connectivity index (χ0) is 27.2. The number of benzene rings is 1. The third kappa shape index (κ3) is 5.59. The quantitative estimate of drug-likeness (QED) is 0.308. The van der Waals surface area contributed by atoms with Gasteiger partial charge in [0.05, 0.1) is 6.04 Å². The molecule has 0 bridgehead atoms. The van der Waals surface area contributed by atoms with E-state index in [1.165, 1.54) is 4.68 Å². The van der Waals surface area contributed by atoms with Gasteiger partial charge in [-0.05, 0) is 68.0 Å². The van der Waals surface area contributed by atoms with Crippen molar-refractivity contribution in [1.82, 2.24) is 19.5 Å². The van der Waals surface area contributed by atoms with Crippen molar-refractivity contribution in [3.63, 3.8) is 0 Å². The zero-order valence-corrected chi connectivity index (χ0v) is 21.7. The second kappa shape index (κ2) is 11.7. The van der Waals surface area contributed by atoms with Crippen molar-refractivity contribution in [2.45, 2.75) is 52.0 Å². The summed E-state index contributed by atoms with van der Waals surface area (Å²) in [7, 11) is 0. The number of nitrogens with one attached hydrogen (secondary N) is 1. The number of hydrogen-bond donors (Lipinski definition) is 3. The summed E-state index contributed by atoms with van der Waals surface area (Å²) in [6.07, 6.45) is 9.08. The molecule has 0 aliphatic carbocycles. The number of hydrogen-bond acceptors (Lipinski definition) is 6. The fourth-order valence-electron chi connectivity index (χ4n) is 4.63. The number of nitrogens with zero attached hydrogens (tertiary/aromatic N) is 4. The van der Waals surface area contributed by atoms with Gasteiger partial charge in [-0.3, -0.25) is 14.4 Å². The molecule has 0 radical (unpaired) electrons. The van der Waals surface area contributed by atoms with E-state index in [9.17, 15) is 14.4 Å². The number of carbonyl (C=O) groups is 3. The average molecular weight is 516 g/mol. The van der Waals surface area contributed by atoms with E-state index in [-0.39, 0.29) is 23.6 Å². The molecule has 0 saturated carbocycles. The van der Waals surface area contributed by atoms with Crippen LogP contribution in [0.5, 0.6) is 0 Å². The number of anilines is 1. The number of aryl methyl sites for hydroxylation is 1. The fraction of sp³-hybridized carbons (Fsp3) is 0.321. The first-order valence-corrected chi connectivity index (χ1v) is 12.8. The fourth-order valence-corrected chi connectivity index (χ4v) is 4.63. The smallest absolute Gasteiger partial charge is 0.269 e. The molecule has 3 aromatic rings. The van der Waals surface area contributed by atoms with Gasteiger partial charge in [0.1, 0.15) is 11.5 Å². The number of rotatable bonds is 8. The molecular formula is C28H33N7O3. The third-order valence-electron chi connectivity index (χ3n) is 6.65. The van der Waals surface area contributed by atoms with Crippen molar-refractivity contribution in [3.8, 4) is 11.3 Å². The van der Waals surface area contributed by atoms with Gasteiger partial charge in [-0.15, -0.1) is 0 Å².